The highest BCUT2D eigenvalue weighted by molar-refractivity contribution is 7.99. The lowest BCUT2D eigenvalue weighted by Crippen LogP contribution is -2.27. The number of benzene rings is 2. The van der Waals surface area contributed by atoms with Gasteiger partial charge in [-0.25, -0.2) is 0 Å². The summed E-state index contributed by atoms with van der Waals surface area (Å²) >= 11 is 1.36. The van der Waals surface area contributed by atoms with E-state index in [0.29, 0.717) is 29.6 Å². The van der Waals surface area contributed by atoms with Crippen LogP contribution in [0.5, 0.6) is 17.2 Å². The second kappa shape index (κ2) is 9.99. The molecule has 0 aliphatic rings. The third kappa shape index (κ3) is 4.83. The zero-order valence-corrected chi connectivity index (χ0v) is 19.9. The fourth-order valence-electron chi connectivity index (χ4n) is 3.68. The van der Waals surface area contributed by atoms with Crippen LogP contribution in [-0.4, -0.2) is 54.1 Å². The normalized spacial score (nSPS) is 11.0. The van der Waals surface area contributed by atoms with Crippen LogP contribution in [0.4, 0.5) is 0 Å². The lowest BCUT2D eigenvalue weighted by molar-refractivity contribution is -0.118. The predicted octanol–water partition coefficient (Wildman–Crippen LogP) is 3.67. The maximum atomic E-state index is 12.5. The molecule has 172 valence electrons. The third-order valence-corrected chi connectivity index (χ3v) is 6.28. The van der Waals surface area contributed by atoms with Gasteiger partial charge in [-0.15, -0.1) is 10.2 Å². The van der Waals surface area contributed by atoms with Crippen molar-refractivity contribution in [2.45, 2.75) is 18.5 Å². The third-order valence-electron chi connectivity index (χ3n) is 5.35. The maximum absolute atomic E-state index is 12.5. The molecule has 2 heterocycles. The Kier molecular flexibility index (Phi) is 6.88. The predicted molar refractivity (Wildman–Crippen MR) is 129 cm³/mol. The first-order chi connectivity index (χ1) is 16.0. The van der Waals surface area contributed by atoms with Gasteiger partial charge in [0.2, 0.25) is 5.91 Å². The SMILES string of the molecule is COc1ccc2c(c1)cc(C)c1nnc(SCC(=O)NCCc3ccc(OC)c(OC)c3)n12. The summed E-state index contributed by atoms with van der Waals surface area (Å²) in [7, 11) is 4.86. The average molecular weight is 467 g/mol. The van der Waals surface area contributed by atoms with E-state index < -0.39 is 0 Å². The summed E-state index contributed by atoms with van der Waals surface area (Å²) in [5, 5.41) is 13.3. The number of carbonyl (C=O) groups is 1. The lowest BCUT2D eigenvalue weighted by Gasteiger charge is -2.10. The summed E-state index contributed by atoms with van der Waals surface area (Å²) in [5.41, 5.74) is 3.82. The minimum atomic E-state index is -0.0594. The second-order valence-corrected chi connectivity index (χ2v) is 8.41. The van der Waals surface area contributed by atoms with Crippen LogP contribution < -0.4 is 19.5 Å². The van der Waals surface area contributed by atoms with Gasteiger partial charge in [-0.3, -0.25) is 9.20 Å². The Morgan fingerprint density at radius 3 is 2.58 bits per heavy atom. The number of pyridine rings is 1. The van der Waals surface area contributed by atoms with Crippen molar-refractivity contribution in [2.24, 2.45) is 0 Å². The first-order valence-corrected chi connectivity index (χ1v) is 11.5. The van der Waals surface area contributed by atoms with E-state index in [-0.39, 0.29) is 11.7 Å². The molecule has 0 bridgehead atoms. The molecule has 0 spiro atoms. The number of amides is 1. The number of nitrogens with one attached hydrogen (secondary N) is 1. The van der Waals surface area contributed by atoms with Crippen LogP contribution in [0.3, 0.4) is 0 Å². The molecule has 0 unspecified atom stereocenters. The van der Waals surface area contributed by atoms with Crippen molar-refractivity contribution in [2.75, 3.05) is 33.6 Å². The summed E-state index contributed by atoms with van der Waals surface area (Å²) in [6.07, 6.45) is 0.691. The Morgan fingerprint density at radius 1 is 1.00 bits per heavy atom. The van der Waals surface area contributed by atoms with E-state index in [9.17, 15) is 4.79 Å². The quantitative estimate of drug-likeness (QED) is 0.377. The van der Waals surface area contributed by atoms with Crippen molar-refractivity contribution in [3.05, 3.63) is 53.6 Å². The molecule has 0 saturated heterocycles. The zero-order chi connectivity index (χ0) is 23.4. The van der Waals surface area contributed by atoms with Crippen LogP contribution in [0.1, 0.15) is 11.1 Å². The summed E-state index contributed by atoms with van der Waals surface area (Å²) < 4.78 is 17.9. The van der Waals surface area contributed by atoms with Crippen molar-refractivity contribution in [3.8, 4) is 17.2 Å². The second-order valence-electron chi connectivity index (χ2n) is 7.47. The van der Waals surface area contributed by atoms with Gasteiger partial charge in [-0.1, -0.05) is 17.8 Å². The van der Waals surface area contributed by atoms with E-state index in [1.165, 1.54) is 11.8 Å². The lowest BCUT2D eigenvalue weighted by atomic mass is 10.1. The molecule has 0 aliphatic carbocycles. The minimum absolute atomic E-state index is 0.0594. The maximum Gasteiger partial charge on any atom is 0.230 e. The number of hydrogen-bond acceptors (Lipinski definition) is 7. The van der Waals surface area contributed by atoms with E-state index in [1.54, 1.807) is 21.3 Å². The first-order valence-electron chi connectivity index (χ1n) is 10.5. The van der Waals surface area contributed by atoms with Gasteiger partial charge < -0.3 is 19.5 Å². The van der Waals surface area contributed by atoms with Crippen LogP contribution in [0, 0.1) is 6.92 Å². The van der Waals surface area contributed by atoms with Crippen LogP contribution in [0.25, 0.3) is 16.6 Å². The topological polar surface area (TPSA) is 87.0 Å². The van der Waals surface area contributed by atoms with Crippen molar-refractivity contribution in [1.82, 2.24) is 19.9 Å². The van der Waals surface area contributed by atoms with Crippen LogP contribution in [-0.2, 0) is 11.2 Å². The molecular weight excluding hydrogens is 440 g/mol. The number of rotatable bonds is 9. The molecule has 0 atom stereocenters. The molecule has 4 rings (SSSR count). The van der Waals surface area contributed by atoms with Gasteiger partial charge in [0, 0.05) is 11.9 Å². The van der Waals surface area contributed by atoms with Gasteiger partial charge in [0.05, 0.1) is 32.6 Å². The fourth-order valence-corrected chi connectivity index (χ4v) is 4.45. The zero-order valence-electron chi connectivity index (χ0n) is 19.0. The number of hydrogen-bond donors (Lipinski definition) is 1. The Bertz CT molecular complexity index is 1300. The van der Waals surface area contributed by atoms with Crippen molar-refractivity contribution < 1.29 is 19.0 Å². The van der Waals surface area contributed by atoms with E-state index in [2.05, 4.69) is 21.6 Å². The molecule has 1 amide bonds. The van der Waals surface area contributed by atoms with Gasteiger partial charge in [0.1, 0.15) is 5.75 Å². The standard InChI is InChI=1S/C24H26N4O4S/c1-15-11-17-13-18(30-2)6-7-19(17)28-23(15)26-27-24(28)33-14-22(29)25-10-9-16-5-8-20(31-3)21(12-16)32-4/h5-8,11-13H,9-10,14H2,1-4H3,(H,25,29). The smallest absolute Gasteiger partial charge is 0.230 e. The molecule has 0 saturated carbocycles. The van der Waals surface area contributed by atoms with E-state index in [1.807, 2.05) is 47.7 Å². The first kappa shape index (κ1) is 22.7. The van der Waals surface area contributed by atoms with Crippen LogP contribution in [0.15, 0.2) is 47.6 Å². The van der Waals surface area contributed by atoms with Gasteiger partial charge in [0.15, 0.2) is 22.3 Å². The van der Waals surface area contributed by atoms with Gasteiger partial charge in [-0.2, -0.15) is 0 Å². The number of aryl methyl sites for hydroxylation is 1. The molecule has 2 aromatic carbocycles. The number of methoxy groups -OCH3 is 3. The number of carbonyl (C=O) groups excluding carboxylic acids is 1. The summed E-state index contributed by atoms with van der Waals surface area (Å²) in [4.78, 5) is 12.5. The fraction of sp³-hybridized carbons (Fsp3) is 0.292. The molecule has 0 fully saturated rings. The number of nitrogens with zero attached hydrogens (tertiary/aromatic N) is 3. The highest BCUT2D eigenvalue weighted by atomic mass is 32.2. The summed E-state index contributed by atoms with van der Waals surface area (Å²) in [6.45, 7) is 2.52. The highest BCUT2D eigenvalue weighted by Gasteiger charge is 2.14. The Morgan fingerprint density at radius 2 is 1.82 bits per heavy atom. The van der Waals surface area contributed by atoms with Crippen molar-refractivity contribution in [1.29, 1.82) is 0 Å². The Hall–Kier alpha value is -3.46. The van der Waals surface area contributed by atoms with E-state index in [0.717, 1.165) is 33.4 Å². The van der Waals surface area contributed by atoms with Gasteiger partial charge >= 0.3 is 0 Å². The molecule has 2 aromatic heterocycles. The molecule has 0 radical (unpaired) electrons. The number of thioether (sulfide) groups is 1. The minimum Gasteiger partial charge on any atom is -0.497 e. The van der Waals surface area contributed by atoms with E-state index in [4.69, 9.17) is 14.2 Å². The Labute approximate surface area is 196 Å². The molecule has 9 heteroatoms. The van der Waals surface area contributed by atoms with Crippen LogP contribution in [0.2, 0.25) is 0 Å². The van der Waals surface area contributed by atoms with Crippen LogP contribution >= 0.6 is 11.8 Å². The summed E-state index contributed by atoms with van der Waals surface area (Å²) in [6, 6.07) is 13.7. The number of ether oxygens (including phenoxy) is 3. The van der Waals surface area contributed by atoms with Gasteiger partial charge in [-0.05, 0) is 60.9 Å². The number of aromatic nitrogens is 3. The monoisotopic (exact) mass is 466 g/mol. The van der Waals surface area contributed by atoms with Gasteiger partial charge in [0.25, 0.3) is 0 Å². The molecule has 1 N–H and O–H groups in total. The molecule has 8 nitrogen and oxygen atoms in total. The van der Waals surface area contributed by atoms with E-state index >= 15 is 0 Å². The Balaban J connectivity index is 1.41. The van der Waals surface area contributed by atoms with Crippen molar-refractivity contribution in [3.63, 3.8) is 0 Å². The molecule has 4 aromatic rings. The highest BCUT2D eigenvalue weighted by Crippen LogP contribution is 2.29. The molecule has 0 aliphatic heterocycles. The molecule has 33 heavy (non-hydrogen) atoms. The van der Waals surface area contributed by atoms with Crippen molar-refractivity contribution >= 4 is 34.2 Å². The average Bonchev–Trinajstić information content (AvgIpc) is 3.27. The largest absolute Gasteiger partial charge is 0.497 e. The summed E-state index contributed by atoms with van der Waals surface area (Å²) in [5.74, 6) is 2.34. The molecular formula is C24H26N4O4S. The number of fused-ring (bicyclic) bond motifs is 3.